The predicted molar refractivity (Wildman–Crippen MR) is 113 cm³/mol. The molecule has 8 atom stereocenters. The number of carbonyl (C=O) groups excluding carboxylic acids is 2. The third-order valence-electron chi connectivity index (χ3n) is 9.95. The maximum atomic E-state index is 13.2. The molecule has 5 rings (SSSR count). The van der Waals surface area contributed by atoms with E-state index in [1.54, 1.807) is 12.2 Å². The van der Waals surface area contributed by atoms with Gasteiger partial charge in [-0.1, -0.05) is 32.4 Å². The highest BCUT2D eigenvalue weighted by molar-refractivity contribution is 6.01. The average Bonchev–Trinajstić information content (AvgIpc) is 3.09. The second kappa shape index (κ2) is 6.16. The molecule has 1 saturated heterocycles. The highest BCUT2D eigenvalue weighted by Crippen LogP contribution is 2.73. The lowest BCUT2D eigenvalue weighted by Crippen LogP contribution is -2.67. The minimum atomic E-state index is -1.26. The lowest BCUT2D eigenvalue weighted by Gasteiger charge is -2.65. The number of allylic oxidation sites excluding steroid dienone is 4. The third-order valence-corrected chi connectivity index (χ3v) is 9.95. The van der Waals surface area contributed by atoms with Gasteiger partial charge in [-0.05, 0) is 63.5 Å². The second-order valence-electron chi connectivity index (χ2n) is 11.4. The van der Waals surface area contributed by atoms with Gasteiger partial charge in [-0.2, -0.15) is 0 Å². The Morgan fingerprint density at radius 2 is 1.90 bits per heavy atom. The summed E-state index contributed by atoms with van der Waals surface area (Å²) in [5.74, 6) is -1.03. The van der Waals surface area contributed by atoms with E-state index in [1.165, 1.54) is 0 Å². The van der Waals surface area contributed by atoms with Crippen molar-refractivity contribution in [2.75, 3.05) is 6.61 Å². The van der Waals surface area contributed by atoms with E-state index in [4.69, 9.17) is 9.47 Å². The first-order valence-electron chi connectivity index (χ1n) is 11.5. The molecule has 0 aromatic rings. The number of carbonyl (C=O) groups is 2. The number of rotatable bonds is 2. The van der Waals surface area contributed by atoms with Crippen LogP contribution < -0.4 is 0 Å². The van der Waals surface area contributed by atoms with Gasteiger partial charge in [-0.3, -0.25) is 9.59 Å². The van der Waals surface area contributed by atoms with Crippen LogP contribution in [0.5, 0.6) is 0 Å². The van der Waals surface area contributed by atoms with Crippen molar-refractivity contribution in [2.45, 2.75) is 83.9 Å². The fourth-order valence-electron chi connectivity index (χ4n) is 8.36. The van der Waals surface area contributed by atoms with Crippen molar-refractivity contribution in [2.24, 2.45) is 28.1 Å². The van der Waals surface area contributed by atoms with Crippen LogP contribution in [0.15, 0.2) is 23.8 Å². The van der Waals surface area contributed by atoms with Crippen LogP contribution in [0.4, 0.5) is 0 Å². The van der Waals surface area contributed by atoms with Gasteiger partial charge in [-0.25, -0.2) is 0 Å². The second-order valence-corrected chi connectivity index (χ2v) is 11.4. The Morgan fingerprint density at radius 1 is 1.19 bits per heavy atom. The highest BCUT2D eigenvalue weighted by Gasteiger charge is 2.78. The van der Waals surface area contributed by atoms with Crippen LogP contribution in [0.25, 0.3) is 0 Å². The molecule has 0 amide bonds. The van der Waals surface area contributed by atoms with E-state index in [0.29, 0.717) is 12.8 Å². The van der Waals surface area contributed by atoms with Crippen LogP contribution in [-0.4, -0.2) is 52.0 Å². The molecule has 6 nitrogen and oxygen atoms in total. The quantitative estimate of drug-likeness (QED) is 0.700. The molecule has 3 saturated carbocycles. The zero-order valence-corrected chi connectivity index (χ0v) is 19.1. The summed E-state index contributed by atoms with van der Waals surface area (Å²) in [4.78, 5) is 25.3. The van der Waals surface area contributed by atoms with Crippen LogP contribution in [0.1, 0.15) is 60.3 Å². The molecule has 31 heavy (non-hydrogen) atoms. The molecule has 2 N–H and O–H groups in total. The summed E-state index contributed by atoms with van der Waals surface area (Å²) >= 11 is 0. The molecule has 0 spiro atoms. The Bertz CT molecular complexity index is 919. The number of aliphatic hydroxyl groups is 2. The fraction of sp³-hybridized carbons (Fsp3) is 0.760. The van der Waals surface area contributed by atoms with Crippen LogP contribution in [0, 0.1) is 28.1 Å². The van der Waals surface area contributed by atoms with E-state index >= 15 is 0 Å². The topological polar surface area (TPSA) is 93.1 Å². The minimum Gasteiger partial charge on any atom is -0.392 e. The van der Waals surface area contributed by atoms with Gasteiger partial charge in [0, 0.05) is 16.2 Å². The Kier molecular flexibility index (Phi) is 4.27. The molecule has 1 aliphatic heterocycles. The van der Waals surface area contributed by atoms with Gasteiger partial charge in [0.15, 0.2) is 23.0 Å². The number of hydrogen-bond donors (Lipinski definition) is 2. The standard InChI is InChI=1S/C25H34O6/c1-21(2)30-20-11-17-16-7-6-14-10-15(27)8-9-22(14,3)24(16,5)18(28)12-23(17,4)25(20,31-21)19(29)13-26/h8-10,16-18,20,26,28H,6-7,11-13H2,1-5H3/t16-,17-,18-,20+,22-,23-,24+,25+/m1/s1. The molecular weight excluding hydrogens is 396 g/mol. The van der Waals surface area contributed by atoms with Crippen molar-refractivity contribution in [3.05, 3.63) is 23.8 Å². The number of Topliss-reactive ketones (excluding diaryl/α,β-unsaturated/α-hetero) is 1. The smallest absolute Gasteiger partial charge is 0.193 e. The van der Waals surface area contributed by atoms with E-state index in [0.717, 1.165) is 18.4 Å². The van der Waals surface area contributed by atoms with Crippen molar-refractivity contribution in [1.29, 1.82) is 0 Å². The molecule has 0 bridgehead atoms. The van der Waals surface area contributed by atoms with Gasteiger partial charge >= 0.3 is 0 Å². The number of fused-ring (bicyclic) bond motifs is 7. The molecule has 6 heteroatoms. The zero-order valence-electron chi connectivity index (χ0n) is 19.1. The summed E-state index contributed by atoms with van der Waals surface area (Å²) in [6.45, 7) is 9.35. The summed E-state index contributed by atoms with van der Waals surface area (Å²) in [5, 5.41) is 21.6. The molecule has 4 fully saturated rings. The largest absolute Gasteiger partial charge is 0.392 e. The van der Waals surface area contributed by atoms with Gasteiger partial charge in [0.2, 0.25) is 0 Å². The summed E-state index contributed by atoms with van der Waals surface area (Å²) in [6.07, 6.45) is 6.92. The first-order chi connectivity index (χ1) is 14.4. The van der Waals surface area contributed by atoms with E-state index in [1.807, 2.05) is 26.8 Å². The molecule has 170 valence electrons. The number of ether oxygens (including phenoxy) is 2. The van der Waals surface area contributed by atoms with Crippen LogP contribution in [0.3, 0.4) is 0 Å². The van der Waals surface area contributed by atoms with Gasteiger partial charge in [0.1, 0.15) is 6.61 Å². The Morgan fingerprint density at radius 3 is 2.58 bits per heavy atom. The fourth-order valence-corrected chi connectivity index (χ4v) is 8.36. The van der Waals surface area contributed by atoms with Crippen molar-refractivity contribution in [3.63, 3.8) is 0 Å². The predicted octanol–water partition coefficient (Wildman–Crippen LogP) is 2.72. The Balaban J connectivity index is 1.64. The van der Waals surface area contributed by atoms with E-state index in [9.17, 15) is 19.8 Å². The number of ketones is 2. The molecule has 0 aromatic carbocycles. The minimum absolute atomic E-state index is 0.0107. The van der Waals surface area contributed by atoms with Crippen molar-refractivity contribution in [1.82, 2.24) is 0 Å². The SMILES string of the molecule is CC1(C)O[C@H]2C[C@@H]3[C@H]4CCC5=CC(=O)C=C[C@@]5(C)[C@]4(C)[C@H](O)C[C@@]3(C)[C@@]2(C(=O)CO)O1. The van der Waals surface area contributed by atoms with Gasteiger partial charge in [0.25, 0.3) is 0 Å². The molecule has 0 aromatic heterocycles. The highest BCUT2D eigenvalue weighted by atomic mass is 16.8. The molecule has 0 radical (unpaired) electrons. The Labute approximate surface area is 183 Å². The van der Waals surface area contributed by atoms with Crippen molar-refractivity contribution >= 4 is 11.6 Å². The van der Waals surface area contributed by atoms with Crippen LogP contribution in [0.2, 0.25) is 0 Å². The average molecular weight is 431 g/mol. The first-order valence-corrected chi connectivity index (χ1v) is 11.5. The normalized spacial score (nSPS) is 52.1. The summed E-state index contributed by atoms with van der Waals surface area (Å²) < 4.78 is 12.6. The van der Waals surface area contributed by atoms with Gasteiger partial charge < -0.3 is 19.7 Å². The monoisotopic (exact) mass is 430 g/mol. The van der Waals surface area contributed by atoms with Crippen LogP contribution in [-0.2, 0) is 19.1 Å². The molecule has 0 unspecified atom stereocenters. The lowest BCUT2D eigenvalue weighted by molar-refractivity contribution is -0.240. The number of aliphatic hydroxyl groups excluding tert-OH is 2. The van der Waals surface area contributed by atoms with Crippen molar-refractivity contribution in [3.8, 4) is 0 Å². The summed E-state index contributed by atoms with van der Waals surface area (Å²) in [6, 6.07) is 0. The Hall–Kier alpha value is -1.34. The van der Waals surface area contributed by atoms with E-state index in [2.05, 4.69) is 13.8 Å². The molecule has 5 aliphatic rings. The molecule has 1 heterocycles. The summed E-state index contributed by atoms with van der Waals surface area (Å²) in [5.41, 5.74) is -1.71. The van der Waals surface area contributed by atoms with Gasteiger partial charge in [-0.15, -0.1) is 0 Å². The van der Waals surface area contributed by atoms with Crippen LogP contribution >= 0.6 is 0 Å². The third kappa shape index (κ3) is 2.32. The lowest BCUT2D eigenvalue weighted by atomic mass is 9.39. The zero-order chi connectivity index (χ0) is 22.6. The summed E-state index contributed by atoms with van der Waals surface area (Å²) in [7, 11) is 0. The molecule has 4 aliphatic carbocycles. The molecular formula is C25H34O6. The number of hydrogen-bond acceptors (Lipinski definition) is 6. The van der Waals surface area contributed by atoms with Gasteiger partial charge in [0.05, 0.1) is 12.2 Å². The van der Waals surface area contributed by atoms with Crippen molar-refractivity contribution < 1.29 is 29.3 Å². The first kappa shape index (κ1) is 21.5. The van der Waals surface area contributed by atoms with E-state index in [-0.39, 0.29) is 23.4 Å². The maximum Gasteiger partial charge on any atom is 0.193 e. The van der Waals surface area contributed by atoms with E-state index < -0.39 is 46.4 Å². The maximum absolute atomic E-state index is 13.2.